The van der Waals surface area contributed by atoms with E-state index >= 15 is 0 Å². The Bertz CT molecular complexity index is 182. The summed E-state index contributed by atoms with van der Waals surface area (Å²) >= 11 is 0. The maximum atomic E-state index is 3.57. The van der Waals surface area contributed by atoms with Crippen molar-refractivity contribution in [1.82, 2.24) is 10.2 Å². The highest BCUT2D eigenvalue weighted by atomic mass is 15.1. The van der Waals surface area contributed by atoms with Crippen molar-refractivity contribution in [3.05, 3.63) is 0 Å². The van der Waals surface area contributed by atoms with E-state index in [1.165, 1.54) is 58.2 Å². The van der Waals surface area contributed by atoms with E-state index in [1.807, 2.05) is 0 Å². The number of nitrogens with one attached hydrogen (secondary N) is 1. The van der Waals surface area contributed by atoms with Crippen molar-refractivity contribution in [2.45, 2.75) is 65.3 Å². The van der Waals surface area contributed by atoms with E-state index in [0.717, 1.165) is 18.5 Å². The average Bonchev–Trinajstić information content (AvgIpc) is 2.38. The molecule has 1 saturated heterocycles. The summed E-state index contributed by atoms with van der Waals surface area (Å²) in [5.74, 6) is 0.972. The molecule has 2 atom stereocenters. The molecule has 17 heavy (non-hydrogen) atoms. The van der Waals surface area contributed by atoms with E-state index < -0.39 is 0 Å². The zero-order chi connectivity index (χ0) is 12.5. The first-order valence-corrected chi connectivity index (χ1v) is 7.75. The third-order valence-corrected chi connectivity index (χ3v) is 4.19. The van der Waals surface area contributed by atoms with Gasteiger partial charge in [0.05, 0.1) is 0 Å². The summed E-state index contributed by atoms with van der Waals surface area (Å²) in [6.07, 6.45) is 8.22. The molecule has 1 aliphatic heterocycles. The van der Waals surface area contributed by atoms with Crippen molar-refractivity contribution in [3.8, 4) is 0 Å². The first-order chi connectivity index (χ1) is 8.30. The minimum atomic E-state index is 0.742. The zero-order valence-corrected chi connectivity index (χ0v) is 12.2. The molecule has 0 radical (unpaired) electrons. The van der Waals surface area contributed by atoms with Gasteiger partial charge in [-0.05, 0) is 57.7 Å². The summed E-state index contributed by atoms with van der Waals surface area (Å²) < 4.78 is 0. The van der Waals surface area contributed by atoms with Crippen molar-refractivity contribution in [1.29, 1.82) is 0 Å². The van der Waals surface area contributed by atoms with Crippen LogP contribution in [0.2, 0.25) is 0 Å². The summed E-state index contributed by atoms with van der Waals surface area (Å²) in [5.41, 5.74) is 0. The lowest BCUT2D eigenvalue weighted by Crippen LogP contribution is -2.36. The number of rotatable bonds is 8. The lowest BCUT2D eigenvalue weighted by atomic mass is 9.95. The summed E-state index contributed by atoms with van der Waals surface area (Å²) in [5, 5.41) is 3.57. The largest absolute Gasteiger partial charge is 0.314 e. The number of nitrogens with zero attached hydrogens (tertiary/aromatic N) is 1. The molecule has 0 saturated carbocycles. The molecule has 1 heterocycles. The summed E-state index contributed by atoms with van der Waals surface area (Å²) in [4.78, 5) is 2.69. The third-order valence-electron chi connectivity index (χ3n) is 4.19. The molecule has 2 heteroatoms. The Labute approximate surface area is 108 Å². The molecule has 0 spiro atoms. The van der Waals surface area contributed by atoms with E-state index in [9.17, 15) is 0 Å². The van der Waals surface area contributed by atoms with E-state index in [4.69, 9.17) is 0 Å². The quantitative estimate of drug-likeness (QED) is 0.700. The van der Waals surface area contributed by atoms with Crippen LogP contribution in [0.25, 0.3) is 0 Å². The second-order valence-corrected chi connectivity index (χ2v) is 5.52. The Morgan fingerprint density at radius 1 is 1.29 bits per heavy atom. The van der Waals surface area contributed by atoms with Crippen LogP contribution in [0.3, 0.4) is 0 Å². The number of likely N-dealkylation sites (tertiary alicyclic amines) is 1. The van der Waals surface area contributed by atoms with Gasteiger partial charge in [-0.2, -0.15) is 0 Å². The summed E-state index contributed by atoms with van der Waals surface area (Å²) in [6, 6.07) is 0.742. The molecule has 0 aromatic heterocycles. The summed E-state index contributed by atoms with van der Waals surface area (Å²) in [6.45, 7) is 12.0. The molecule has 0 bridgehead atoms. The van der Waals surface area contributed by atoms with Gasteiger partial charge in [0.15, 0.2) is 0 Å². The predicted molar refractivity (Wildman–Crippen MR) is 76.4 cm³/mol. The highest BCUT2D eigenvalue weighted by Crippen LogP contribution is 2.19. The van der Waals surface area contributed by atoms with Crippen LogP contribution in [0.5, 0.6) is 0 Å². The fraction of sp³-hybridized carbons (Fsp3) is 1.00. The maximum Gasteiger partial charge on any atom is 0.00647 e. The Morgan fingerprint density at radius 3 is 2.76 bits per heavy atom. The fourth-order valence-electron chi connectivity index (χ4n) is 2.99. The zero-order valence-electron chi connectivity index (χ0n) is 12.2. The van der Waals surface area contributed by atoms with E-state index in [1.54, 1.807) is 0 Å². The second kappa shape index (κ2) is 8.93. The van der Waals surface area contributed by atoms with Gasteiger partial charge in [0.25, 0.3) is 0 Å². The molecule has 2 nitrogen and oxygen atoms in total. The number of hydrogen-bond donors (Lipinski definition) is 1. The molecule has 0 aromatic rings. The van der Waals surface area contributed by atoms with Crippen LogP contribution < -0.4 is 5.32 Å². The van der Waals surface area contributed by atoms with Gasteiger partial charge in [-0.3, -0.25) is 0 Å². The van der Waals surface area contributed by atoms with Crippen LogP contribution in [0.4, 0.5) is 0 Å². The van der Waals surface area contributed by atoms with Crippen molar-refractivity contribution in [3.63, 3.8) is 0 Å². The molecule has 0 aliphatic carbocycles. The highest BCUT2D eigenvalue weighted by molar-refractivity contribution is 4.73. The number of piperidine rings is 1. The van der Waals surface area contributed by atoms with Gasteiger partial charge in [-0.1, -0.05) is 27.2 Å². The van der Waals surface area contributed by atoms with Gasteiger partial charge in [0, 0.05) is 12.6 Å². The maximum absolute atomic E-state index is 3.57. The SMILES string of the molecule is CCNC(CC)CCCN1CCCC(CC)C1. The first-order valence-electron chi connectivity index (χ1n) is 7.75. The minimum Gasteiger partial charge on any atom is -0.314 e. The molecule has 102 valence electrons. The lowest BCUT2D eigenvalue weighted by Gasteiger charge is -2.32. The van der Waals surface area contributed by atoms with Gasteiger partial charge < -0.3 is 10.2 Å². The molecular formula is C15H32N2. The van der Waals surface area contributed by atoms with Crippen molar-refractivity contribution in [2.24, 2.45) is 5.92 Å². The fourth-order valence-corrected chi connectivity index (χ4v) is 2.99. The molecule has 2 unspecified atom stereocenters. The van der Waals surface area contributed by atoms with E-state index in [2.05, 4.69) is 31.0 Å². The Morgan fingerprint density at radius 2 is 2.12 bits per heavy atom. The van der Waals surface area contributed by atoms with Gasteiger partial charge >= 0.3 is 0 Å². The monoisotopic (exact) mass is 240 g/mol. The van der Waals surface area contributed by atoms with Gasteiger partial charge in [-0.15, -0.1) is 0 Å². The van der Waals surface area contributed by atoms with Crippen LogP contribution in [0, 0.1) is 5.92 Å². The topological polar surface area (TPSA) is 15.3 Å². The second-order valence-electron chi connectivity index (χ2n) is 5.52. The first kappa shape index (κ1) is 15.0. The normalized spacial score (nSPS) is 23.8. The Kier molecular flexibility index (Phi) is 7.87. The molecule has 0 amide bonds. The molecular weight excluding hydrogens is 208 g/mol. The molecule has 1 N–H and O–H groups in total. The smallest absolute Gasteiger partial charge is 0.00647 e. The van der Waals surface area contributed by atoms with Crippen LogP contribution in [-0.2, 0) is 0 Å². The minimum absolute atomic E-state index is 0.742. The van der Waals surface area contributed by atoms with Crippen LogP contribution >= 0.6 is 0 Å². The van der Waals surface area contributed by atoms with Crippen molar-refractivity contribution in [2.75, 3.05) is 26.2 Å². The standard InChI is InChI=1S/C15H32N2/c1-4-14-9-7-11-17(13-14)12-8-10-15(5-2)16-6-3/h14-16H,4-13H2,1-3H3. The third kappa shape index (κ3) is 5.87. The molecule has 1 rings (SSSR count). The Hall–Kier alpha value is -0.0800. The van der Waals surface area contributed by atoms with Crippen LogP contribution in [0.15, 0.2) is 0 Å². The Balaban J connectivity index is 2.12. The lowest BCUT2D eigenvalue weighted by molar-refractivity contribution is 0.167. The number of hydrogen-bond acceptors (Lipinski definition) is 2. The van der Waals surface area contributed by atoms with Crippen molar-refractivity contribution < 1.29 is 0 Å². The summed E-state index contributed by atoms with van der Waals surface area (Å²) in [7, 11) is 0. The van der Waals surface area contributed by atoms with E-state index in [-0.39, 0.29) is 0 Å². The van der Waals surface area contributed by atoms with E-state index in [0.29, 0.717) is 0 Å². The molecule has 0 aromatic carbocycles. The van der Waals surface area contributed by atoms with Gasteiger partial charge in [-0.25, -0.2) is 0 Å². The van der Waals surface area contributed by atoms with Crippen molar-refractivity contribution >= 4 is 0 Å². The average molecular weight is 240 g/mol. The molecule has 1 aliphatic rings. The van der Waals surface area contributed by atoms with Crippen LogP contribution in [0.1, 0.15) is 59.3 Å². The highest BCUT2D eigenvalue weighted by Gasteiger charge is 2.17. The van der Waals surface area contributed by atoms with Crippen LogP contribution in [-0.4, -0.2) is 37.1 Å². The molecule has 1 fully saturated rings. The predicted octanol–water partition coefficient (Wildman–Crippen LogP) is 3.28. The van der Waals surface area contributed by atoms with Gasteiger partial charge in [0.2, 0.25) is 0 Å². The van der Waals surface area contributed by atoms with Gasteiger partial charge in [0.1, 0.15) is 0 Å².